The fourth-order valence-electron chi connectivity index (χ4n) is 4.06. The van der Waals surface area contributed by atoms with Gasteiger partial charge in [-0.05, 0) is 86.5 Å². The number of fused-ring (bicyclic) bond motifs is 1. The van der Waals surface area contributed by atoms with E-state index in [-0.39, 0.29) is 11.6 Å². The molecule has 0 bridgehead atoms. The molecule has 0 aromatic heterocycles. The monoisotopic (exact) mass is 450 g/mol. The summed E-state index contributed by atoms with van der Waals surface area (Å²) >= 11 is 0. The number of carbonyl (C=O) groups excluding carboxylic acids is 2. The minimum absolute atomic E-state index is 0.00770. The van der Waals surface area contributed by atoms with Crippen molar-refractivity contribution >= 4 is 11.6 Å². The van der Waals surface area contributed by atoms with Gasteiger partial charge in [0, 0.05) is 22.3 Å². The van der Waals surface area contributed by atoms with Gasteiger partial charge in [0.05, 0.1) is 0 Å². The molecule has 0 atom stereocenters. The Hall–Kier alpha value is -2.74. The van der Waals surface area contributed by atoms with E-state index in [1.807, 2.05) is 12.1 Å². The Bertz CT molecular complexity index is 1020. The van der Waals surface area contributed by atoms with Crippen molar-refractivity contribution in [2.45, 2.75) is 86.5 Å². The summed E-state index contributed by atoms with van der Waals surface area (Å²) < 4.78 is 0. The Balaban J connectivity index is 1.83. The molecule has 0 saturated carbocycles. The van der Waals surface area contributed by atoms with Gasteiger partial charge in [0.15, 0.2) is 11.6 Å². The number of hydrogen-bond donors (Lipinski definition) is 0. The SMILES string of the molecule is CC(C)=CCC/C(C)=C/CC/C(C)=C/CC/C(C)=C/CC1=C(C)C(=O)[13c]2[13cH][13cH][13cH][13cH][13c]2C1=O. The molecule has 33 heavy (non-hydrogen) atoms. The third-order valence-corrected chi connectivity index (χ3v) is 6.29. The molecule has 0 radical (unpaired) electrons. The summed E-state index contributed by atoms with van der Waals surface area (Å²) in [5, 5.41) is 0. The van der Waals surface area contributed by atoms with E-state index in [4.69, 9.17) is 0 Å². The summed E-state index contributed by atoms with van der Waals surface area (Å²) in [5.41, 5.74) is 7.84. The molecule has 0 N–H and O–H groups in total. The summed E-state index contributed by atoms with van der Waals surface area (Å²) in [6.45, 7) is 12.6. The Labute approximate surface area is 200 Å². The Morgan fingerprint density at radius 1 is 0.667 bits per heavy atom. The highest BCUT2D eigenvalue weighted by Gasteiger charge is 2.28. The van der Waals surface area contributed by atoms with Crippen molar-refractivity contribution in [3.63, 3.8) is 0 Å². The lowest BCUT2D eigenvalue weighted by Crippen LogP contribution is -2.20. The smallest absolute Gasteiger partial charge is 0.190 e. The number of ketones is 2. The van der Waals surface area contributed by atoms with Gasteiger partial charge in [0.2, 0.25) is 0 Å². The largest absolute Gasteiger partial charge is 0.289 e. The van der Waals surface area contributed by atoms with E-state index in [0.717, 1.165) is 38.5 Å². The molecule has 2 nitrogen and oxygen atoms in total. The van der Waals surface area contributed by atoms with E-state index in [9.17, 15) is 9.59 Å². The second kappa shape index (κ2) is 13.1. The molecular formula is C31H40O2. The lowest BCUT2D eigenvalue weighted by molar-refractivity contribution is 0.0973. The summed E-state index contributed by atoms with van der Waals surface area (Å²) in [6.07, 6.45) is 16.1. The van der Waals surface area contributed by atoms with E-state index in [1.54, 1.807) is 19.1 Å². The first-order chi connectivity index (χ1) is 15.7. The molecule has 0 aliphatic heterocycles. The zero-order chi connectivity index (χ0) is 24.4. The zero-order valence-electron chi connectivity index (χ0n) is 21.4. The van der Waals surface area contributed by atoms with Gasteiger partial charge in [0.25, 0.3) is 0 Å². The fraction of sp³-hybridized carbons (Fsp3) is 0.419. The molecule has 1 aromatic carbocycles. The van der Waals surface area contributed by atoms with Crippen molar-refractivity contribution in [2.75, 3.05) is 0 Å². The molecule has 0 spiro atoms. The van der Waals surface area contributed by atoms with Crippen LogP contribution in [0.15, 0.2) is 82.0 Å². The average Bonchev–Trinajstić information content (AvgIpc) is 2.77. The molecular weight excluding hydrogens is 410 g/mol. The number of allylic oxidation sites excluding steroid dienone is 10. The van der Waals surface area contributed by atoms with Crippen LogP contribution in [0.2, 0.25) is 0 Å². The van der Waals surface area contributed by atoms with E-state index < -0.39 is 0 Å². The molecule has 2 heteroatoms. The van der Waals surface area contributed by atoms with Gasteiger partial charge >= 0.3 is 0 Å². The van der Waals surface area contributed by atoms with E-state index in [0.29, 0.717) is 28.7 Å². The fourth-order valence-corrected chi connectivity index (χ4v) is 4.06. The summed E-state index contributed by atoms with van der Waals surface area (Å²) in [7, 11) is 0. The molecule has 1 aliphatic carbocycles. The van der Waals surface area contributed by atoms with Crippen LogP contribution >= 0.6 is 0 Å². The van der Waals surface area contributed by atoms with Gasteiger partial charge in [-0.25, -0.2) is 0 Å². The van der Waals surface area contributed by atoms with E-state index in [1.165, 1.54) is 22.3 Å². The van der Waals surface area contributed by atoms with Crippen LogP contribution in [0.5, 0.6) is 0 Å². The second-order valence-corrected chi connectivity index (χ2v) is 9.56. The summed E-state index contributed by atoms with van der Waals surface area (Å²) in [5.74, 6) is -0.0299. The lowest BCUT2D eigenvalue weighted by Gasteiger charge is -2.18. The maximum Gasteiger partial charge on any atom is 0.190 e. The van der Waals surface area contributed by atoms with Crippen molar-refractivity contribution in [1.29, 1.82) is 0 Å². The number of Topliss-reactive ketones (excluding diaryl/α,β-unsaturated/α-hetero) is 2. The Morgan fingerprint density at radius 3 is 1.64 bits per heavy atom. The normalized spacial score (nSPS) is 15.2. The van der Waals surface area contributed by atoms with Gasteiger partial charge < -0.3 is 0 Å². The van der Waals surface area contributed by atoms with Gasteiger partial charge in [0.1, 0.15) is 0 Å². The van der Waals surface area contributed by atoms with Crippen LogP contribution in [0.3, 0.4) is 0 Å². The Kier molecular flexibility index (Phi) is 10.5. The van der Waals surface area contributed by atoms with Crippen molar-refractivity contribution in [3.05, 3.63) is 93.1 Å². The molecule has 1 aromatic rings. The van der Waals surface area contributed by atoms with Crippen molar-refractivity contribution in [1.82, 2.24) is 0 Å². The van der Waals surface area contributed by atoms with Gasteiger partial charge in [-0.3, -0.25) is 9.59 Å². The van der Waals surface area contributed by atoms with Crippen LogP contribution in [0.1, 0.15) is 107 Å². The molecule has 2 rings (SSSR count). The lowest BCUT2D eigenvalue weighted by atomic mass is 9.98. The van der Waals surface area contributed by atoms with E-state index in [2.05, 4.69) is 58.9 Å². The highest BCUT2D eigenvalue weighted by molar-refractivity contribution is 6.26. The molecule has 0 saturated heterocycles. The Morgan fingerprint density at radius 2 is 1.12 bits per heavy atom. The summed E-state index contributed by atoms with van der Waals surface area (Å²) in [4.78, 5) is 25.5. The standard InChI is InChI=1S/C31H40O2/c1-22(2)12-9-13-23(3)14-10-15-24(4)16-11-17-25(5)20-21-27-26(6)30(32)28-18-7-8-19-29(28)31(27)33/h7-8,12,14,16,18-20H,9-11,13,15,17,21H2,1-6H3/b23-14+,24-16+,25-20+/i7+1,8+1,18+1,19+1,28+1,29+1. The molecule has 0 amide bonds. The minimum Gasteiger partial charge on any atom is -0.289 e. The first kappa shape index (κ1) is 26.5. The molecule has 1 aliphatic rings. The zero-order valence-corrected chi connectivity index (χ0v) is 21.4. The average molecular weight is 451 g/mol. The second-order valence-electron chi connectivity index (χ2n) is 9.56. The number of hydrogen-bond acceptors (Lipinski definition) is 2. The molecule has 0 unspecified atom stereocenters. The number of carbonyl (C=O) groups is 2. The minimum atomic E-state index is -0.0222. The maximum atomic E-state index is 12.9. The quantitative estimate of drug-likeness (QED) is 0.315. The van der Waals surface area contributed by atoms with Crippen LogP contribution in [-0.2, 0) is 0 Å². The van der Waals surface area contributed by atoms with Crippen molar-refractivity contribution in [2.24, 2.45) is 0 Å². The highest BCUT2D eigenvalue weighted by atomic mass is 16.2. The first-order valence-corrected chi connectivity index (χ1v) is 12.2. The van der Waals surface area contributed by atoms with Gasteiger partial charge in [-0.15, -0.1) is 0 Å². The van der Waals surface area contributed by atoms with Crippen molar-refractivity contribution in [3.8, 4) is 0 Å². The van der Waals surface area contributed by atoms with E-state index >= 15 is 0 Å². The van der Waals surface area contributed by atoms with Gasteiger partial charge in [-0.1, -0.05) is 70.9 Å². The molecule has 0 fully saturated rings. The topological polar surface area (TPSA) is 34.1 Å². The predicted molar refractivity (Wildman–Crippen MR) is 141 cm³/mol. The molecule has 176 valence electrons. The highest BCUT2D eigenvalue weighted by Crippen LogP contribution is 2.28. The first-order valence-electron chi connectivity index (χ1n) is 12.2. The maximum absolute atomic E-state index is 12.9. The predicted octanol–water partition coefficient (Wildman–Crippen LogP) is 8.92. The van der Waals surface area contributed by atoms with Crippen LogP contribution in [0.4, 0.5) is 0 Å². The third kappa shape index (κ3) is 8.28. The number of benzene rings is 1. The van der Waals surface area contributed by atoms with Crippen LogP contribution in [0.25, 0.3) is 0 Å². The molecule has 0 heterocycles. The summed E-state index contributed by atoms with van der Waals surface area (Å²) in [6, 6.07) is 7.13. The van der Waals surface area contributed by atoms with Gasteiger partial charge in [-0.2, -0.15) is 0 Å². The third-order valence-electron chi connectivity index (χ3n) is 6.29. The van der Waals surface area contributed by atoms with Crippen LogP contribution in [0, 0.1) is 0 Å². The van der Waals surface area contributed by atoms with Crippen LogP contribution in [-0.4, -0.2) is 11.6 Å². The number of rotatable bonds is 11. The van der Waals surface area contributed by atoms with Crippen LogP contribution < -0.4 is 0 Å². The van der Waals surface area contributed by atoms with Crippen molar-refractivity contribution < 1.29 is 9.59 Å².